The Labute approximate surface area is 240 Å². The summed E-state index contributed by atoms with van der Waals surface area (Å²) in [5.74, 6) is -0.227. The largest absolute Gasteiger partial charge is 0.494 e. The molecule has 0 spiro atoms. The number of urea groups is 1. The van der Waals surface area contributed by atoms with E-state index in [0.717, 1.165) is 12.7 Å². The molecule has 3 amide bonds. The van der Waals surface area contributed by atoms with Crippen LogP contribution in [0, 0.1) is 0 Å². The monoisotopic (exact) mass is 622 g/mol. The molecule has 9 nitrogen and oxygen atoms in total. The van der Waals surface area contributed by atoms with Crippen LogP contribution in [0.3, 0.4) is 0 Å². The number of hydrogen-bond donors (Lipinski definition) is 4. The molecule has 234 valence electrons. The van der Waals surface area contributed by atoms with E-state index in [9.17, 15) is 34.1 Å². The van der Waals surface area contributed by atoms with Gasteiger partial charge in [0.15, 0.2) is 0 Å². The summed E-state index contributed by atoms with van der Waals surface area (Å²) in [6.07, 6.45) is -0.991. The van der Waals surface area contributed by atoms with Crippen molar-refractivity contribution in [2.24, 2.45) is 0 Å². The molecule has 1 saturated heterocycles. The minimum Gasteiger partial charge on any atom is -0.494 e. The summed E-state index contributed by atoms with van der Waals surface area (Å²) in [6.45, 7) is 5.43. The minimum absolute atomic E-state index is 0.153. The number of alkyl carbamates (subject to hydrolysis) is 1. The van der Waals surface area contributed by atoms with E-state index in [2.05, 4.69) is 16.0 Å². The molecule has 1 aliphatic heterocycles. The molecule has 2 aliphatic rings. The number of carbonyl (C=O) groups is 2. The lowest BCUT2D eigenvalue weighted by Crippen LogP contribution is -2.40. The molecule has 2 aromatic carbocycles. The van der Waals surface area contributed by atoms with E-state index in [0.29, 0.717) is 24.6 Å². The zero-order valence-electron chi connectivity index (χ0n) is 23.6. The van der Waals surface area contributed by atoms with Crippen LogP contribution in [0.15, 0.2) is 41.3 Å². The summed E-state index contributed by atoms with van der Waals surface area (Å²) in [7, 11) is -9.03. The quantitative estimate of drug-likeness (QED) is 0.273. The fourth-order valence-corrected chi connectivity index (χ4v) is 5.88. The van der Waals surface area contributed by atoms with Crippen molar-refractivity contribution in [1.82, 2.24) is 15.5 Å². The highest BCUT2D eigenvalue weighted by molar-refractivity contribution is 8.45. The number of nitrogens with zero attached hydrogens (tertiary/aromatic N) is 1. The molecule has 3 atom stereocenters. The van der Waals surface area contributed by atoms with Gasteiger partial charge in [-0.15, -0.1) is 0 Å². The van der Waals surface area contributed by atoms with Gasteiger partial charge in [0.05, 0.1) is 24.9 Å². The SMILES string of the molecule is COc1c(CN2CC[C@@H](NC(=O)OC(C)(C)C)C2)cc(S(F)(F)(F)(F)F)cc1NC(=O)N[C@@H]1Cc2ccccc2[C@@H]1O. The lowest BCUT2D eigenvalue weighted by molar-refractivity contribution is 0.0505. The number of anilines is 1. The van der Waals surface area contributed by atoms with Crippen molar-refractivity contribution in [1.29, 1.82) is 0 Å². The van der Waals surface area contributed by atoms with Gasteiger partial charge in [-0.3, -0.25) is 4.90 Å². The Bertz CT molecular complexity index is 1370. The van der Waals surface area contributed by atoms with Gasteiger partial charge in [0.2, 0.25) is 0 Å². The zero-order valence-corrected chi connectivity index (χ0v) is 24.4. The molecule has 0 bridgehead atoms. The average Bonchev–Trinajstić information content (AvgIpc) is 3.39. The standard InChI is InChI=1S/C27H35F5N4O5S/c1-27(2,3)41-26(39)33-18-9-10-36(15-18)14-17-11-19(42(28,29,30,31)32)13-22(24(17)40-4)35-25(38)34-21-12-16-7-5-6-8-20(16)23(21)37/h5-8,11,13,18,21,23,37H,9-10,12,14-15H2,1-4H3,(H,33,39)(H2,34,35,38)/t18-,21-,23+/m1/s1. The number of likely N-dealkylation sites (tertiary alicyclic amines) is 1. The number of aliphatic hydroxyl groups excluding tert-OH is 1. The molecular weight excluding hydrogens is 587 g/mol. The predicted octanol–water partition coefficient (Wildman–Crippen LogP) is 6.23. The summed E-state index contributed by atoms with van der Waals surface area (Å²) in [6, 6.07) is 5.27. The normalized spacial score (nSPS) is 22.5. The maximum Gasteiger partial charge on any atom is 0.407 e. The average molecular weight is 623 g/mol. The van der Waals surface area contributed by atoms with Crippen LogP contribution in [0.1, 0.15) is 50.0 Å². The van der Waals surface area contributed by atoms with E-state index < -0.39 is 50.7 Å². The topological polar surface area (TPSA) is 112 Å². The second-order valence-corrected chi connectivity index (χ2v) is 14.0. The number of nitrogens with one attached hydrogen (secondary N) is 3. The van der Waals surface area contributed by atoms with Gasteiger partial charge in [-0.25, -0.2) is 9.59 Å². The van der Waals surface area contributed by atoms with Gasteiger partial charge in [0.1, 0.15) is 16.2 Å². The Kier molecular flexibility index (Phi) is 7.87. The minimum atomic E-state index is -10.2. The van der Waals surface area contributed by atoms with Crippen LogP contribution in [-0.4, -0.2) is 60.0 Å². The highest BCUT2D eigenvalue weighted by Gasteiger charge is 2.65. The van der Waals surface area contributed by atoms with Crippen LogP contribution in [-0.2, 0) is 17.7 Å². The van der Waals surface area contributed by atoms with Crippen molar-refractivity contribution in [3.63, 3.8) is 0 Å². The molecule has 42 heavy (non-hydrogen) atoms. The Hall–Kier alpha value is -3.30. The summed E-state index contributed by atoms with van der Waals surface area (Å²) in [4.78, 5) is 24.5. The molecule has 0 aromatic heterocycles. The number of hydrogen-bond acceptors (Lipinski definition) is 6. The van der Waals surface area contributed by atoms with Gasteiger partial charge < -0.3 is 30.5 Å². The smallest absolute Gasteiger partial charge is 0.407 e. The number of carbonyl (C=O) groups excluding carboxylic acids is 2. The molecule has 4 N–H and O–H groups in total. The Balaban J connectivity index is 1.55. The van der Waals surface area contributed by atoms with Crippen molar-refractivity contribution in [3.05, 3.63) is 53.1 Å². The number of halogens is 5. The van der Waals surface area contributed by atoms with Gasteiger partial charge in [0.25, 0.3) is 0 Å². The van der Waals surface area contributed by atoms with Crippen molar-refractivity contribution >= 4 is 28.0 Å². The molecule has 0 saturated carbocycles. The maximum absolute atomic E-state index is 14.0. The fraction of sp³-hybridized carbons (Fsp3) is 0.481. The molecule has 1 fully saturated rings. The number of amides is 3. The second kappa shape index (κ2) is 10.5. The molecule has 1 aliphatic carbocycles. The Morgan fingerprint density at radius 1 is 1.10 bits per heavy atom. The van der Waals surface area contributed by atoms with Gasteiger partial charge in [-0.2, -0.15) is 0 Å². The van der Waals surface area contributed by atoms with Crippen LogP contribution < -0.4 is 20.7 Å². The number of fused-ring (bicyclic) bond motifs is 1. The van der Waals surface area contributed by atoms with Crippen molar-refractivity contribution in [2.75, 3.05) is 25.5 Å². The van der Waals surface area contributed by atoms with E-state index >= 15 is 0 Å². The van der Waals surface area contributed by atoms with E-state index in [1.807, 2.05) is 0 Å². The van der Waals surface area contributed by atoms with Crippen molar-refractivity contribution in [3.8, 4) is 5.75 Å². The van der Waals surface area contributed by atoms with E-state index in [4.69, 9.17) is 9.47 Å². The van der Waals surface area contributed by atoms with Crippen LogP contribution in [0.4, 0.5) is 34.7 Å². The lowest BCUT2D eigenvalue weighted by atomic mass is 10.1. The third-order valence-corrected chi connectivity index (χ3v) is 8.06. The summed E-state index contributed by atoms with van der Waals surface area (Å²) in [5, 5.41) is 18.0. The number of ether oxygens (including phenoxy) is 2. The van der Waals surface area contributed by atoms with Gasteiger partial charge in [-0.1, -0.05) is 43.7 Å². The lowest BCUT2D eigenvalue weighted by Gasteiger charge is -2.41. The first kappa shape index (κ1) is 31.6. The van der Waals surface area contributed by atoms with Crippen LogP contribution in [0.2, 0.25) is 0 Å². The fourth-order valence-electron chi connectivity index (χ4n) is 5.17. The summed E-state index contributed by atoms with van der Waals surface area (Å²) in [5.41, 5.74) is -0.163. The molecule has 4 rings (SSSR count). The van der Waals surface area contributed by atoms with E-state index in [1.54, 1.807) is 49.9 Å². The molecule has 2 aromatic rings. The van der Waals surface area contributed by atoms with Gasteiger partial charge >= 0.3 is 22.3 Å². The second-order valence-electron chi connectivity index (χ2n) is 11.6. The van der Waals surface area contributed by atoms with E-state index in [-0.39, 0.29) is 42.9 Å². The molecule has 15 heteroatoms. The first-order valence-corrected chi connectivity index (χ1v) is 15.2. The predicted molar refractivity (Wildman–Crippen MR) is 148 cm³/mol. The Morgan fingerprint density at radius 3 is 2.40 bits per heavy atom. The maximum atomic E-state index is 14.0. The number of methoxy groups -OCH3 is 1. The third-order valence-electron chi connectivity index (χ3n) is 6.94. The Morgan fingerprint density at radius 2 is 1.79 bits per heavy atom. The third kappa shape index (κ3) is 7.75. The van der Waals surface area contributed by atoms with Gasteiger partial charge in [0, 0.05) is 31.2 Å². The van der Waals surface area contributed by atoms with Gasteiger partial charge in [-0.05, 0) is 56.9 Å². The summed E-state index contributed by atoms with van der Waals surface area (Å²) >= 11 is 0. The zero-order chi connectivity index (χ0) is 31.2. The summed E-state index contributed by atoms with van der Waals surface area (Å²) < 4.78 is 80.5. The highest BCUT2D eigenvalue weighted by Crippen LogP contribution is 3.02. The molecule has 1 heterocycles. The molecular formula is C27H35F5N4O5S. The van der Waals surface area contributed by atoms with Crippen LogP contribution in [0.5, 0.6) is 5.75 Å². The van der Waals surface area contributed by atoms with Crippen LogP contribution in [0.25, 0.3) is 0 Å². The number of aliphatic hydroxyl groups is 1. The van der Waals surface area contributed by atoms with Crippen LogP contribution >= 0.6 is 10.2 Å². The van der Waals surface area contributed by atoms with E-state index in [1.165, 1.54) is 0 Å². The number of benzene rings is 2. The van der Waals surface area contributed by atoms with Crippen molar-refractivity contribution in [2.45, 2.75) is 68.8 Å². The molecule has 0 radical (unpaired) electrons. The first-order chi connectivity index (χ1) is 19.2. The van der Waals surface area contributed by atoms with Crippen molar-refractivity contribution < 1.29 is 43.6 Å². The molecule has 0 unspecified atom stereocenters. The number of rotatable bonds is 7. The first-order valence-electron chi connectivity index (χ1n) is 13.2. The highest BCUT2D eigenvalue weighted by atomic mass is 32.5.